The van der Waals surface area contributed by atoms with Crippen molar-refractivity contribution in [2.45, 2.75) is 12.6 Å². The van der Waals surface area contributed by atoms with Gasteiger partial charge in [0.1, 0.15) is 6.17 Å². The lowest BCUT2D eigenvalue weighted by Gasteiger charge is -2.06. The van der Waals surface area contributed by atoms with Crippen LogP contribution in [0.25, 0.3) is 0 Å². The number of benzene rings is 1. The maximum absolute atomic E-state index is 13.8. The van der Waals surface area contributed by atoms with Gasteiger partial charge < -0.3 is 0 Å². The summed E-state index contributed by atoms with van der Waals surface area (Å²) in [6.45, 7) is 0. The zero-order valence-corrected chi connectivity index (χ0v) is 9.41. The molecule has 2 aromatic rings. The van der Waals surface area contributed by atoms with E-state index in [4.69, 9.17) is 0 Å². The monoisotopic (exact) mass is 234 g/mol. The first kappa shape index (κ1) is 11.0. The van der Waals surface area contributed by atoms with Gasteiger partial charge in [0.05, 0.1) is 4.88 Å². The van der Waals surface area contributed by atoms with Crippen molar-refractivity contribution in [2.24, 2.45) is 0 Å². The molecule has 1 unspecified atom stereocenters. The summed E-state index contributed by atoms with van der Waals surface area (Å²) in [5.41, 5.74) is 0.562. The van der Waals surface area contributed by atoms with Crippen LogP contribution in [0.4, 0.5) is 4.39 Å². The van der Waals surface area contributed by atoms with Crippen molar-refractivity contribution >= 4 is 17.1 Å². The van der Waals surface area contributed by atoms with E-state index in [0.29, 0.717) is 10.4 Å². The van der Waals surface area contributed by atoms with E-state index < -0.39 is 6.17 Å². The van der Waals surface area contributed by atoms with E-state index in [9.17, 15) is 9.18 Å². The van der Waals surface area contributed by atoms with E-state index in [1.807, 2.05) is 11.4 Å². The number of rotatable bonds is 4. The third-order valence-electron chi connectivity index (χ3n) is 2.32. The number of ketones is 1. The Morgan fingerprint density at radius 3 is 2.56 bits per heavy atom. The van der Waals surface area contributed by atoms with Gasteiger partial charge in [-0.3, -0.25) is 4.79 Å². The van der Waals surface area contributed by atoms with Gasteiger partial charge in [0, 0.05) is 6.42 Å². The van der Waals surface area contributed by atoms with E-state index in [0.717, 1.165) is 0 Å². The summed E-state index contributed by atoms with van der Waals surface area (Å²) in [4.78, 5) is 12.3. The summed E-state index contributed by atoms with van der Waals surface area (Å²) in [5, 5.41) is 1.82. The van der Waals surface area contributed by atoms with Gasteiger partial charge in [0.2, 0.25) is 0 Å². The van der Waals surface area contributed by atoms with Crippen molar-refractivity contribution in [2.75, 3.05) is 0 Å². The summed E-state index contributed by atoms with van der Waals surface area (Å²) in [6.07, 6.45) is -1.29. The molecule has 0 saturated carbocycles. The smallest absolute Gasteiger partial charge is 0.176 e. The number of hydrogen-bond acceptors (Lipinski definition) is 2. The standard InChI is InChI=1S/C13H11FOS/c14-11(10-5-2-1-3-6-10)9-12(15)13-7-4-8-16-13/h1-8,11H,9H2. The van der Waals surface area contributed by atoms with Crippen molar-refractivity contribution in [3.63, 3.8) is 0 Å². The minimum Gasteiger partial charge on any atom is -0.293 e. The Kier molecular flexibility index (Phi) is 3.47. The van der Waals surface area contributed by atoms with Gasteiger partial charge in [-0.25, -0.2) is 4.39 Å². The lowest BCUT2D eigenvalue weighted by Crippen LogP contribution is -2.02. The van der Waals surface area contributed by atoms with Crippen LogP contribution in [0.2, 0.25) is 0 Å². The average Bonchev–Trinajstić information content (AvgIpc) is 2.83. The molecule has 0 amide bonds. The van der Waals surface area contributed by atoms with E-state index >= 15 is 0 Å². The number of halogens is 1. The van der Waals surface area contributed by atoms with Gasteiger partial charge in [-0.2, -0.15) is 0 Å². The molecule has 0 N–H and O–H groups in total. The Bertz CT molecular complexity index is 450. The van der Waals surface area contributed by atoms with Crippen molar-refractivity contribution in [1.29, 1.82) is 0 Å². The summed E-state index contributed by atoms with van der Waals surface area (Å²) < 4.78 is 13.8. The largest absolute Gasteiger partial charge is 0.293 e. The van der Waals surface area contributed by atoms with Crippen molar-refractivity contribution < 1.29 is 9.18 Å². The van der Waals surface area contributed by atoms with E-state index in [2.05, 4.69) is 0 Å². The average molecular weight is 234 g/mol. The highest BCUT2D eigenvalue weighted by atomic mass is 32.1. The lowest BCUT2D eigenvalue weighted by molar-refractivity contribution is 0.0951. The molecule has 0 aliphatic carbocycles. The van der Waals surface area contributed by atoms with Crippen LogP contribution in [0.5, 0.6) is 0 Å². The molecule has 82 valence electrons. The molecule has 0 aliphatic heterocycles. The SMILES string of the molecule is O=C(CC(F)c1ccccc1)c1cccs1. The zero-order chi connectivity index (χ0) is 11.4. The Hall–Kier alpha value is -1.48. The molecule has 1 heterocycles. The molecule has 3 heteroatoms. The number of Topliss-reactive ketones (excluding diaryl/α,β-unsaturated/α-hetero) is 1. The fourth-order valence-corrected chi connectivity index (χ4v) is 2.16. The molecule has 0 bridgehead atoms. The summed E-state index contributed by atoms with van der Waals surface area (Å²) in [7, 11) is 0. The number of thiophene rings is 1. The second kappa shape index (κ2) is 5.03. The molecular formula is C13H11FOS. The minimum atomic E-state index is -1.21. The van der Waals surface area contributed by atoms with Gasteiger partial charge in [-0.05, 0) is 17.0 Å². The van der Waals surface area contributed by atoms with Crippen LogP contribution >= 0.6 is 11.3 Å². The Morgan fingerprint density at radius 2 is 1.94 bits per heavy atom. The van der Waals surface area contributed by atoms with Crippen LogP contribution in [0.3, 0.4) is 0 Å². The van der Waals surface area contributed by atoms with Crippen LogP contribution in [0, 0.1) is 0 Å². The maximum Gasteiger partial charge on any atom is 0.176 e. The molecule has 1 nitrogen and oxygen atoms in total. The van der Waals surface area contributed by atoms with Gasteiger partial charge in [-0.15, -0.1) is 11.3 Å². The number of carbonyl (C=O) groups is 1. The lowest BCUT2D eigenvalue weighted by atomic mass is 10.1. The zero-order valence-electron chi connectivity index (χ0n) is 8.60. The fraction of sp³-hybridized carbons (Fsp3) is 0.154. The predicted octanol–water partition coefficient (Wildman–Crippen LogP) is 4.03. The highest BCUT2D eigenvalue weighted by Crippen LogP contribution is 2.24. The van der Waals surface area contributed by atoms with Crippen LogP contribution in [0.15, 0.2) is 47.8 Å². The van der Waals surface area contributed by atoms with Crippen molar-refractivity contribution in [1.82, 2.24) is 0 Å². The normalized spacial score (nSPS) is 12.3. The highest BCUT2D eigenvalue weighted by molar-refractivity contribution is 7.12. The molecule has 0 fully saturated rings. The molecule has 2 rings (SSSR count). The van der Waals surface area contributed by atoms with Crippen molar-refractivity contribution in [3.8, 4) is 0 Å². The van der Waals surface area contributed by atoms with E-state index in [1.54, 1.807) is 36.4 Å². The molecular weight excluding hydrogens is 223 g/mol. The highest BCUT2D eigenvalue weighted by Gasteiger charge is 2.16. The molecule has 0 radical (unpaired) electrons. The van der Waals surface area contributed by atoms with Gasteiger partial charge >= 0.3 is 0 Å². The van der Waals surface area contributed by atoms with E-state index in [-0.39, 0.29) is 12.2 Å². The summed E-state index contributed by atoms with van der Waals surface area (Å²) in [6, 6.07) is 12.3. The Balaban J connectivity index is 2.03. The quantitative estimate of drug-likeness (QED) is 0.730. The Labute approximate surface area is 97.6 Å². The summed E-state index contributed by atoms with van der Waals surface area (Å²) >= 11 is 1.35. The first-order valence-corrected chi connectivity index (χ1v) is 5.91. The first-order chi connectivity index (χ1) is 7.77. The van der Waals surface area contributed by atoms with Crippen LogP contribution in [0.1, 0.15) is 27.8 Å². The summed E-state index contributed by atoms with van der Waals surface area (Å²) in [5.74, 6) is -0.133. The van der Waals surface area contributed by atoms with Crippen LogP contribution < -0.4 is 0 Å². The number of alkyl halides is 1. The third kappa shape index (κ3) is 2.55. The van der Waals surface area contributed by atoms with Crippen molar-refractivity contribution in [3.05, 3.63) is 58.3 Å². The third-order valence-corrected chi connectivity index (χ3v) is 3.23. The molecule has 0 saturated heterocycles. The molecule has 1 atom stereocenters. The number of carbonyl (C=O) groups excluding carboxylic acids is 1. The maximum atomic E-state index is 13.8. The molecule has 1 aromatic carbocycles. The topological polar surface area (TPSA) is 17.1 Å². The second-order valence-electron chi connectivity index (χ2n) is 3.48. The van der Waals surface area contributed by atoms with Crippen LogP contribution in [-0.2, 0) is 0 Å². The van der Waals surface area contributed by atoms with Gasteiger partial charge in [-0.1, -0.05) is 36.4 Å². The molecule has 0 spiro atoms. The minimum absolute atomic E-state index is 0.0788. The first-order valence-electron chi connectivity index (χ1n) is 5.03. The molecule has 1 aromatic heterocycles. The molecule has 0 aliphatic rings. The van der Waals surface area contributed by atoms with Gasteiger partial charge in [0.25, 0.3) is 0 Å². The predicted molar refractivity (Wildman–Crippen MR) is 63.6 cm³/mol. The second-order valence-corrected chi connectivity index (χ2v) is 4.43. The Morgan fingerprint density at radius 1 is 1.19 bits per heavy atom. The molecule has 16 heavy (non-hydrogen) atoms. The number of hydrogen-bond donors (Lipinski definition) is 0. The fourth-order valence-electron chi connectivity index (χ4n) is 1.48. The van der Waals surface area contributed by atoms with E-state index in [1.165, 1.54) is 11.3 Å². The van der Waals surface area contributed by atoms with Crippen LogP contribution in [-0.4, -0.2) is 5.78 Å². The van der Waals surface area contributed by atoms with Gasteiger partial charge in [0.15, 0.2) is 5.78 Å².